The van der Waals surface area contributed by atoms with Gasteiger partial charge in [-0.05, 0) is 49.4 Å². The highest BCUT2D eigenvalue weighted by Crippen LogP contribution is 2.33. The van der Waals surface area contributed by atoms with E-state index in [0.29, 0.717) is 5.92 Å². The largest absolute Gasteiger partial charge is 0.493 e. The molecule has 1 aromatic carbocycles. The highest BCUT2D eigenvalue weighted by molar-refractivity contribution is 5.79. The second-order valence-electron chi connectivity index (χ2n) is 8.99. The Morgan fingerprint density at radius 3 is 2.56 bits per heavy atom. The standard InChI is InChI=1S/C24H39N5O3/c1-25-24(26-15-18-8-9-29(17-18)20-5-6-20)27-16-21(28-10-12-32-13-11-28)19-4-7-22(30-2)23(14-19)31-3/h4,7,14,18,20-21H,5-6,8-13,15-17H2,1-3H3,(H2,25,26,27). The summed E-state index contributed by atoms with van der Waals surface area (Å²) in [4.78, 5) is 9.61. The van der Waals surface area contributed by atoms with Gasteiger partial charge in [-0.1, -0.05) is 6.07 Å². The Morgan fingerprint density at radius 2 is 1.88 bits per heavy atom. The van der Waals surface area contributed by atoms with Crippen molar-refractivity contribution in [3.63, 3.8) is 0 Å². The van der Waals surface area contributed by atoms with Crippen molar-refractivity contribution in [3.8, 4) is 11.5 Å². The van der Waals surface area contributed by atoms with Gasteiger partial charge >= 0.3 is 0 Å². The zero-order chi connectivity index (χ0) is 22.3. The summed E-state index contributed by atoms with van der Waals surface area (Å²) < 4.78 is 16.6. The average Bonchev–Trinajstić information content (AvgIpc) is 3.59. The van der Waals surface area contributed by atoms with Crippen LogP contribution in [0.5, 0.6) is 11.5 Å². The fraction of sp³-hybridized carbons (Fsp3) is 0.708. The van der Waals surface area contributed by atoms with Gasteiger partial charge in [-0.3, -0.25) is 9.89 Å². The lowest BCUT2D eigenvalue weighted by atomic mass is 10.0. The van der Waals surface area contributed by atoms with Crippen LogP contribution in [-0.4, -0.2) is 95.6 Å². The van der Waals surface area contributed by atoms with Crippen molar-refractivity contribution < 1.29 is 14.2 Å². The first-order valence-corrected chi connectivity index (χ1v) is 11.9. The molecule has 0 amide bonds. The third-order valence-electron chi connectivity index (χ3n) is 6.90. The van der Waals surface area contributed by atoms with E-state index >= 15 is 0 Å². The maximum atomic E-state index is 5.59. The van der Waals surface area contributed by atoms with Crippen LogP contribution >= 0.6 is 0 Å². The molecule has 32 heavy (non-hydrogen) atoms. The van der Waals surface area contributed by atoms with Gasteiger partial charge in [0.25, 0.3) is 0 Å². The Balaban J connectivity index is 1.36. The predicted octanol–water partition coefficient (Wildman–Crippen LogP) is 1.73. The van der Waals surface area contributed by atoms with Crippen molar-refractivity contribution >= 4 is 5.96 Å². The monoisotopic (exact) mass is 445 g/mol. The number of guanidine groups is 1. The fourth-order valence-corrected chi connectivity index (χ4v) is 4.86. The van der Waals surface area contributed by atoms with E-state index < -0.39 is 0 Å². The van der Waals surface area contributed by atoms with Gasteiger partial charge in [0.15, 0.2) is 17.5 Å². The number of hydrogen-bond donors (Lipinski definition) is 2. The Hall–Kier alpha value is -2.03. The van der Waals surface area contributed by atoms with Crippen LogP contribution in [0.25, 0.3) is 0 Å². The molecule has 0 aromatic heterocycles. The second kappa shape index (κ2) is 11.2. The molecule has 2 N–H and O–H groups in total. The number of nitrogens with zero attached hydrogens (tertiary/aromatic N) is 3. The molecule has 1 aliphatic carbocycles. The third-order valence-corrected chi connectivity index (χ3v) is 6.90. The summed E-state index contributed by atoms with van der Waals surface area (Å²) in [6.45, 7) is 7.54. The van der Waals surface area contributed by atoms with Gasteiger partial charge in [0.2, 0.25) is 0 Å². The van der Waals surface area contributed by atoms with Crippen LogP contribution in [-0.2, 0) is 4.74 Å². The van der Waals surface area contributed by atoms with E-state index in [-0.39, 0.29) is 6.04 Å². The van der Waals surface area contributed by atoms with Crippen molar-refractivity contribution in [3.05, 3.63) is 23.8 Å². The number of ether oxygens (including phenoxy) is 3. The number of likely N-dealkylation sites (tertiary alicyclic amines) is 1. The zero-order valence-corrected chi connectivity index (χ0v) is 19.8. The molecule has 2 aliphatic heterocycles. The summed E-state index contributed by atoms with van der Waals surface area (Å²) in [5.74, 6) is 3.08. The number of methoxy groups -OCH3 is 2. The predicted molar refractivity (Wildman–Crippen MR) is 127 cm³/mol. The average molecular weight is 446 g/mol. The molecule has 2 unspecified atom stereocenters. The molecule has 4 rings (SSSR count). The number of rotatable bonds is 9. The topological polar surface area (TPSA) is 70.6 Å². The Labute approximate surface area is 192 Å². The lowest BCUT2D eigenvalue weighted by molar-refractivity contribution is 0.0169. The normalized spacial score (nSPS) is 23.7. The Kier molecular flexibility index (Phi) is 8.10. The molecule has 3 aliphatic rings. The molecular weight excluding hydrogens is 406 g/mol. The lowest BCUT2D eigenvalue weighted by Crippen LogP contribution is -2.47. The van der Waals surface area contributed by atoms with E-state index in [1.165, 1.54) is 37.9 Å². The molecule has 2 atom stereocenters. The third kappa shape index (κ3) is 5.85. The minimum absolute atomic E-state index is 0.189. The molecule has 1 aromatic rings. The summed E-state index contributed by atoms with van der Waals surface area (Å²) >= 11 is 0. The molecule has 1 saturated carbocycles. The van der Waals surface area contributed by atoms with Crippen LogP contribution in [0.4, 0.5) is 0 Å². The fourth-order valence-electron chi connectivity index (χ4n) is 4.86. The molecule has 0 spiro atoms. The van der Waals surface area contributed by atoms with E-state index in [9.17, 15) is 0 Å². The van der Waals surface area contributed by atoms with Gasteiger partial charge < -0.3 is 29.7 Å². The molecule has 8 heteroatoms. The molecule has 2 heterocycles. The molecule has 0 radical (unpaired) electrons. The first kappa shape index (κ1) is 23.1. The van der Waals surface area contributed by atoms with E-state index in [0.717, 1.165) is 62.9 Å². The van der Waals surface area contributed by atoms with Crippen molar-refractivity contribution in [2.45, 2.75) is 31.3 Å². The number of morpholine rings is 1. The van der Waals surface area contributed by atoms with Gasteiger partial charge in [-0.25, -0.2) is 0 Å². The van der Waals surface area contributed by atoms with Crippen LogP contribution in [0.2, 0.25) is 0 Å². The van der Waals surface area contributed by atoms with Crippen LogP contribution < -0.4 is 20.1 Å². The quantitative estimate of drug-likeness (QED) is 0.443. The zero-order valence-electron chi connectivity index (χ0n) is 19.8. The Bertz CT molecular complexity index is 764. The smallest absolute Gasteiger partial charge is 0.191 e. The maximum absolute atomic E-state index is 5.59. The number of aliphatic imine (C=N–C) groups is 1. The van der Waals surface area contributed by atoms with E-state index in [1.54, 1.807) is 14.2 Å². The summed E-state index contributed by atoms with van der Waals surface area (Å²) in [5, 5.41) is 7.14. The SMILES string of the molecule is CN=C(NCC1CCN(C2CC2)C1)NCC(c1ccc(OC)c(OC)c1)N1CCOCC1. The number of hydrogen-bond acceptors (Lipinski definition) is 6. The van der Waals surface area contributed by atoms with Gasteiger partial charge in [0.1, 0.15) is 0 Å². The molecule has 0 bridgehead atoms. The maximum Gasteiger partial charge on any atom is 0.191 e. The summed E-state index contributed by atoms with van der Waals surface area (Å²) in [7, 11) is 5.20. The number of nitrogens with one attached hydrogen (secondary N) is 2. The van der Waals surface area contributed by atoms with Crippen molar-refractivity contribution in [2.24, 2.45) is 10.9 Å². The van der Waals surface area contributed by atoms with Crippen LogP contribution in [0.15, 0.2) is 23.2 Å². The first-order chi connectivity index (χ1) is 15.7. The van der Waals surface area contributed by atoms with E-state index in [2.05, 4.69) is 37.6 Å². The number of benzene rings is 1. The Morgan fingerprint density at radius 1 is 1.09 bits per heavy atom. The van der Waals surface area contributed by atoms with Crippen LogP contribution in [0, 0.1) is 5.92 Å². The van der Waals surface area contributed by atoms with Crippen molar-refractivity contribution in [1.29, 1.82) is 0 Å². The summed E-state index contributed by atoms with van der Waals surface area (Å²) in [5.41, 5.74) is 1.20. The highest BCUT2D eigenvalue weighted by atomic mass is 16.5. The molecule has 3 fully saturated rings. The lowest BCUT2D eigenvalue weighted by Gasteiger charge is -2.35. The van der Waals surface area contributed by atoms with Gasteiger partial charge in [-0.15, -0.1) is 0 Å². The van der Waals surface area contributed by atoms with Crippen LogP contribution in [0.3, 0.4) is 0 Å². The summed E-state index contributed by atoms with van der Waals surface area (Å²) in [6.07, 6.45) is 4.06. The molecule has 2 saturated heterocycles. The van der Waals surface area contributed by atoms with Crippen molar-refractivity contribution in [1.82, 2.24) is 20.4 Å². The van der Waals surface area contributed by atoms with Gasteiger partial charge in [0.05, 0.1) is 33.5 Å². The second-order valence-corrected chi connectivity index (χ2v) is 8.99. The molecule has 178 valence electrons. The molecule has 8 nitrogen and oxygen atoms in total. The first-order valence-electron chi connectivity index (χ1n) is 11.9. The van der Waals surface area contributed by atoms with E-state index in [1.807, 2.05) is 13.1 Å². The minimum atomic E-state index is 0.189. The van der Waals surface area contributed by atoms with Gasteiger partial charge in [-0.2, -0.15) is 0 Å². The van der Waals surface area contributed by atoms with Crippen LogP contribution in [0.1, 0.15) is 30.9 Å². The minimum Gasteiger partial charge on any atom is -0.493 e. The van der Waals surface area contributed by atoms with E-state index in [4.69, 9.17) is 14.2 Å². The van der Waals surface area contributed by atoms with Crippen molar-refractivity contribution in [2.75, 3.05) is 73.7 Å². The summed E-state index contributed by atoms with van der Waals surface area (Å²) in [6, 6.07) is 7.26. The molecular formula is C24H39N5O3. The highest BCUT2D eigenvalue weighted by Gasteiger charge is 2.34. The van der Waals surface area contributed by atoms with Gasteiger partial charge in [0, 0.05) is 45.8 Å².